The number of nitrogens with one attached hydrogen (secondary N) is 2. The van der Waals surface area contributed by atoms with Crippen LogP contribution in [0.2, 0.25) is 0 Å². The van der Waals surface area contributed by atoms with E-state index in [2.05, 4.69) is 10.0 Å². The highest BCUT2D eigenvalue weighted by Crippen LogP contribution is 2.28. The molecular formula is C15H14N2O2S2. The van der Waals surface area contributed by atoms with Gasteiger partial charge in [-0.15, -0.1) is 0 Å². The second kappa shape index (κ2) is 5.13. The third-order valence-corrected chi connectivity index (χ3v) is 4.96. The van der Waals surface area contributed by atoms with Crippen LogP contribution < -0.4 is 10.0 Å². The first-order chi connectivity index (χ1) is 9.94. The van der Waals surface area contributed by atoms with Crippen molar-refractivity contribution >= 4 is 38.6 Å². The molecule has 0 fully saturated rings. The van der Waals surface area contributed by atoms with Crippen molar-refractivity contribution in [2.24, 2.45) is 0 Å². The van der Waals surface area contributed by atoms with E-state index >= 15 is 0 Å². The zero-order valence-electron chi connectivity index (χ0n) is 11.4. The van der Waals surface area contributed by atoms with Gasteiger partial charge in [0.1, 0.15) is 0 Å². The molecule has 2 aromatic rings. The fraction of sp³-hybridized carbons (Fsp3) is 0.133. The summed E-state index contributed by atoms with van der Waals surface area (Å²) < 4.78 is 27.2. The molecule has 6 heteroatoms. The van der Waals surface area contributed by atoms with Gasteiger partial charge in [0.2, 0.25) is 0 Å². The van der Waals surface area contributed by atoms with Crippen molar-refractivity contribution in [3.8, 4) is 0 Å². The smallest absolute Gasteiger partial charge is 0.261 e. The average Bonchev–Trinajstić information content (AvgIpc) is 2.78. The SMILES string of the molecule is Cc1ccc(S(=O)(=O)Nc2ccc3c(c2)NC(=S)C3)cc1. The van der Waals surface area contributed by atoms with Gasteiger partial charge in [0, 0.05) is 12.1 Å². The third kappa shape index (κ3) is 2.91. The molecule has 4 nitrogen and oxygen atoms in total. The molecule has 0 spiro atoms. The highest BCUT2D eigenvalue weighted by molar-refractivity contribution is 7.92. The van der Waals surface area contributed by atoms with Crippen LogP contribution in [0, 0.1) is 6.92 Å². The number of aryl methyl sites for hydroxylation is 1. The van der Waals surface area contributed by atoms with Crippen LogP contribution in [-0.4, -0.2) is 13.4 Å². The third-order valence-electron chi connectivity index (χ3n) is 3.32. The lowest BCUT2D eigenvalue weighted by atomic mass is 10.1. The van der Waals surface area contributed by atoms with Gasteiger partial charge >= 0.3 is 0 Å². The Bertz CT molecular complexity index is 812. The minimum atomic E-state index is -3.57. The molecule has 1 aliphatic heterocycles. The quantitative estimate of drug-likeness (QED) is 0.854. The lowest BCUT2D eigenvalue weighted by molar-refractivity contribution is 0.601. The molecule has 2 N–H and O–H groups in total. The van der Waals surface area contributed by atoms with E-state index in [9.17, 15) is 8.42 Å². The number of fused-ring (bicyclic) bond motifs is 1. The first-order valence-electron chi connectivity index (χ1n) is 6.46. The van der Waals surface area contributed by atoms with Crippen molar-refractivity contribution in [3.63, 3.8) is 0 Å². The molecule has 0 aliphatic carbocycles. The summed E-state index contributed by atoms with van der Waals surface area (Å²) >= 11 is 5.12. The van der Waals surface area contributed by atoms with Gasteiger partial charge in [-0.25, -0.2) is 8.42 Å². The number of rotatable bonds is 3. The maximum Gasteiger partial charge on any atom is 0.261 e. The Morgan fingerprint density at radius 3 is 2.57 bits per heavy atom. The van der Waals surface area contributed by atoms with E-state index in [1.54, 1.807) is 36.4 Å². The van der Waals surface area contributed by atoms with Gasteiger partial charge in [0.05, 0.1) is 15.6 Å². The molecule has 1 aliphatic rings. The van der Waals surface area contributed by atoms with Crippen LogP contribution in [-0.2, 0) is 16.4 Å². The highest BCUT2D eigenvalue weighted by Gasteiger charge is 2.18. The van der Waals surface area contributed by atoms with Gasteiger partial charge in [0.15, 0.2) is 0 Å². The molecule has 108 valence electrons. The standard InChI is InChI=1S/C15H14N2O2S2/c1-10-2-6-13(7-3-10)21(18,19)17-12-5-4-11-8-15(20)16-14(11)9-12/h2-7,9,17H,8H2,1H3,(H,16,20). The molecule has 0 amide bonds. The molecule has 0 radical (unpaired) electrons. The van der Waals surface area contributed by atoms with Crippen molar-refractivity contribution in [1.82, 2.24) is 0 Å². The van der Waals surface area contributed by atoms with Crippen LogP contribution in [0.1, 0.15) is 11.1 Å². The summed E-state index contributed by atoms with van der Waals surface area (Å²) in [5.41, 5.74) is 3.48. The van der Waals surface area contributed by atoms with Gasteiger partial charge in [-0.2, -0.15) is 0 Å². The molecule has 0 saturated heterocycles. The maximum absolute atomic E-state index is 12.3. The topological polar surface area (TPSA) is 58.2 Å². The molecule has 21 heavy (non-hydrogen) atoms. The molecule has 0 bridgehead atoms. The maximum atomic E-state index is 12.3. The number of hydrogen-bond donors (Lipinski definition) is 2. The van der Waals surface area contributed by atoms with Crippen molar-refractivity contribution in [2.75, 3.05) is 10.0 Å². The Kier molecular flexibility index (Phi) is 3.43. The molecule has 0 aromatic heterocycles. The van der Waals surface area contributed by atoms with E-state index in [0.29, 0.717) is 12.1 Å². The first-order valence-corrected chi connectivity index (χ1v) is 8.35. The average molecular weight is 318 g/mol. The van der Waals surface area contributed by atoms with Gasteiger partial charge < -0.3 is 5.32 Å². The predicted octanol–water partition coefficient (Wildman–Crippen LogP) is 3.09. The van der Waals surface area contributed by atoms with Crippen molar-refractivity contribution in [3.05, 3.63) is 53.6 Å². The Morgan fingerprint density at radius 1 is 1.14 bits per heavy atom. The summed E-state index contributed by atoms with van der Waals surface area (Å²) in [6.45, 7) is 1.92. The summed E-state index contributed by atoms with van der Waals surface area (Å²) in [7, 11) is -3.57. The van der Waals surface area contributed by atoms with E-state index in [1.165, 1.54) is 0 Å². The van der Waals surface area contributed by atoms with Crippen LogP contribution >= 0.6 is 12.2 Å². The Morgan fingerprint density at radius 2 is 1.86 bits per heavy atom. The van der Waals surface area contributed by atoms with Gasteiger partial charge in [0.25, 0.3) is 10.0 Å². The Balaban J connectivity index is 1.88. The van der Waals surface area contributed by atoms with Gasteiger partial charge in [-0.1, -0.05) is 36.0 Å². The zero-order valence-corrected chi connectivity index (χ0v) is 13.0. The Labute approximate surface area is 129 Å². The van der Waals surface area contributed by atoms with Crippen LogP contribution in [0.15, 0.2) is 47.4 Å². The van der Waals surface area contributed by atoms with Crippen LogP contribution in [0.4, 0.5) is 11.4 Å². The molecular weight excluding hydrogens is 304 g/mol. The van der Waals surface area contributed by atoms with Crippen LogP contribution in [0.3, 0.4) is 0 Å². The zero-order chi connectivity index (χ0) is 15.0. The van der Waals surface area contributed by atoms with Gasteiger partial charge in [-0.05, 0) is 36.8 Å². The normalized spacial score (nSPS) is 13.7. The largest absolute Gasteiger partial charge is 0.349 e. The van der Waals surface area contributed by atoms with Gasteiger partial charge in [-0.3, -0.25) is 4.72 Å². The summed E-state index contributed by atoms with van der Waals surface area (Å²) in [6, 6.07) is 12.1. The molecule has 0 atom stereocenters. The molecule has 2 aromatic carbocycles. The van der Waals surface area contributed by atoms with Crippen LogP contribution in [0.25, 0.3) is 0 Å². The molecule has 1 heterocycles. The van der Waals surface area contributed by atoms with E-state index in [0.717, 1.165) is 21.8 Å². The van der Waals surface area contributed by atoms with E-state index in [1.807, 2.05) is 13.0 Å². The van der Waals surface area contributed by atoms with Crippen molar-refractivity contribution in [2.45, 2.75) is 18.2 Å². The monoisotopic (exact) mass is 318 g/mol. The molecule has 0 unspecified atom stereocenters. The summed E-state index contributed by atoms with van der Waals surface area (Å²) in [5.74, 6) is 0. The number of sulfonamides is 1. The number of benzene rings is 2. The second-order valence-corrected chi connectivity index (χ2v) is 7.19. The minimum Gasteiger partial charge on any atom is -0.349 e. The van der Waals surface area contributed by atoms with E-state index < -0.39 is 10.0 Å². The van der Waals surface area contributed by atoms with E-state index in [4.69, 9.17) is 12.2 Å². The number of thiocarbonyl (C=S) groups is 1. The summed E-state index contributed by atoms with van der Waals surface area (Å²) in [6.07, 6.45) is 0.704. The lowest BCUT2D eigenvalue weighted by Gasteiger charge is -2.09. The van der Waals surface area contributed by atoms with Crippen LogP contribution in [0.5, 0.6) is 0 Å². The minimum absolute atomic E-state index is 0.247. The van der Waals surface area contributed by atoms with Crippen molar-refractivity contribution in [1.29, 1.82) is 0 Å². The molecule has 3 rings (SSSR count). The number of hydrogen-bond acceptors (Lipinski definition) is 3. The lowest BCUT2D eigenvalue weighted by Crippen LogP contribution is -2.13. The summed E-state index contributed by atoms with van der Waals surface area (Å²) in [5, 5.41) is 3.07. The molecule has 0 saturated carbocycles. The summed E-state index contributed by atoms with van der Waals surface area (Å²) in [4.78, 5) is 1.00. The highest BCUT2D eigenvalue weighted by atomic mass is 32.2. The first kappa shape index (κ1) is 14.0. The predicted molar refractivity (Wildman–Crippen MR) is 88.4 cm³/mol. The van der Waals surface area contributed by atoms with Crippen molar-refractivity contribution < 1.29 is 8.42 Å². The van der Waals surface area contributed by atoms with E-state index in [-0.39, 0.29) is 4.90 Å². The second-order valence-electron chi connectivity index (χ2n) is 5.02. The number of anilines is 2. The fourth-order valence-corrected chi connectivity index (χ4v) is 3.52. The Hall–Kier alpha value is -1.92. The fourth-order valence-electron chi connectivity index (χ4n) is 2.21.